The van der Waals surface area contributed by atoms with Gasteiger partial charge in [0.15, 0.2) is 0 Å². The molecule has 0 aromatic heterocycles. The molecular weight excluding hydrogens is 290 g/mol. The Bertz CT molecular complexity index is 515. The Labute approximate surface area is 128 Å². The molecule has 0 aromatic carbocycles. The van der Waals surface area contributed by atoms with E-state index in [9.17, 15) is 19.2 Å². The van der Waals surface area contributed by atoms with Gasteiger partial charge >= 0.3 is 12.0 Å². The lowest BCUT2D eigenvalue weighted by Crippen LogP contribution is -2.47. The Balaban J connectivity index is 2.02. The highest BCUT2D eigenvalue weighted by Crippen LogP contribution is 2.25. The number of carboxylic acids is 1. The van der Waals surface area contributed by atoms with Crippen LogP contribution in [-0.2, 0) is 14.4 Å². The van der Waals surface area contributed by atoms with Gasteiger partial charge in [0, 0.05) is 13.1 Å². The quantitative estimate of drug-likeness (QED) is 0.697. The van der Waals surface area contributed by atoms with E-state index in [0.717, 1.165) is 4.90 Å². The molecule has 0 aromatic rings. The second kappa shape index (κ2) is 5.94. The molecule has 0 unspecified atom stereocenters. The van der Waals surface area contributed by atoms with Gasteiger partial charge in [-0.25, -0.2) is 4.79 Å². The van der Waals surface area contributed by atoms with Crippen molar-refractivity contribution in [1.82, 2.24) is 15.1 Å². The molecule has 0 bridgehead atoms. The number of nitrogens with zero attached hydrogens (tertiary/aromatic N) is 2. The second-order valence-electron chi connectivity index (χ2n) is 5.77. The standard InChI is InChI=1S/C14H21N3O5/c1-3-14(4-2)12(21)17(13(22)15-14)8-10(18)16-6-5-9(7-16)11(19)20/h9H,3-8H2,1-2H3,(H,15,22)(H,19,20)/t9-/m1/s1. The van der Waals surface area contributed by atoms with Crippen LogP contribution in [0.1, 0.15) is 33.1 Å². The van der Waals surface area contributed by atoms with Gasteiger partial charge in [0.1, 0.15) is 12.1 Å². The minimum Gasteiger partial charge on any atom is -0.481 e. The highest BCUT2D eigenvalue weighted by molar-refractivity contribution is 6.09. The molecule has 2 aliphatic rings. The van der Waals surface area contributed by atoms with Crippen molar-refractivity contribution in [2.45, 2.75) is 38.6 Å². The third kappa shape index (κ3) is 2.65. The van der Waals surface area contributed by atoms with Crippen molar-refractivity contribution in [3.05, 3.63) is 0 Å². The summed E-state index contributed by atoms with van der Waals surface area (Å²) in [6.45, 7) is 3.76. The van der Waals surface area contributed by atoms with Gasteiger partial charge in [0.2, 0.25) is 5.91 Å². The zero-order chi connectivity index (χ0) is 16.5. The van der Waals surface area contributed by atoms with Crippen LogP contribution in [0.25, 0.3) is 0 Å². The summed E-state index contributed by atoms with van der Waals surface area (Å²) in [5.74, 6) is -2.28. The van der Waals surface area contributed by atoms with Gasteiger partial charge < -0.3 is 15.3 Å². The van der Waals surface area contributed by atoms with E-state index in [1.165, 1.54) is 4.90 Å². The predicted molar refractivity (Wildman–Crippen MR) is 75.9 cm³/mol. The molecule has 0 spiro atoms. The molecule has 2 heterocycles. The Morgan fingerprint density at radius 2 is 1.95 bits per heavy atom. The molecule has 4 amide bonds. The maximum atomic E-state index is 12.4. The monoisotopic (exact) mass is 311 g/mol. The number of carbonyl (C=O) groups is 4. The molecule has 0 saturated carbocycles. The SMILES string of the molecule is CCC1(CC)NC(=O)N(CC(=O)N2CC[C@@H](C(=O)O)C2)C1=O. The van der Waals surface area contributed by atoms with Gasteiger partial charge in [-0.3, -0.25) is 19.3 Å². The van der Waals surface area contributed by atoms with Crippen LogP contribution >= 0.6 is 0 Å². The highest BCUT2D eigenvalue weighted by atomic mass is 16.4. The van der Waals surface area contributed by atoms with E-state index in [2.05, 4.69) is 5.32 Å². The van der Waals surface area contributed by atoms with Gasteiger partial charge in [-0.05, 0) is 19.3 Å². The van der Waals surface area contributed by atoms with Gasteiger partial charge in [-0.2, -0.15) is 0 Å². The maximum absolute atomic E-state index is 12.4. The molecule has 8 heteroatoms. The molecule has 2 aliphatic heterocycles. The van der Waals surface area contributed by atoms with Crippen molar-refractivity contribution in [2.75, 3.05) is 19.6 Å². The fraction of sp³-hybridized carbons (Fsp3) is 0.714. The number of likely N-dealkylation sites (tertiary alicyclic amines) is 1. The van der Waals surface area contributed by atoms with Crippen molar-refractivity contribution in [2.24, 2.45) is 5.92 Å². The largest absolute Gasteiger partial charge is 0.481 e. The van der Waals surface area contributed by atoms with E-state index in [-0.39, 0.29) is 19.0 Å². The van der Waals surface area contributed by atoms with Gasteiger partial charge in [0.05, 0.1) is 5.92 Å². The minimum absolute atomic E-state index is 0.129. The number of hydrogen-bond acceptors (Lipinski definition) is 4. The number of carbonyl (C=O) groups excluding carboxylic acids is 3. The first-order valence-corrected chi connectivity index (χ1v) is 7.49. The van der Waals surface area contributed by atoms with Crippen LogP contribution in [-0.4, -0.2) is 63.9 Å². The maximum Gasteiger partial charge on any atom is 0.325 e. The first-order valence-electron chi connectivity index (χ1n) is 7.49. The van der Waals surface area contributed by atoms with Crippen LogP contribution in [0.2, 0.25) is 0 Å². The Hall–Kier alpha value is -2.12. The number of urea groups is 1. The molecule has 22 heavy (non-hydrogen) atoms. The summed E-state index contributed by atoms with van der Waals surface area (Å²) in [6, 6.07) is -0.559. The molecule has 122 valence electrons. The van der Waals surface area contributed by atoms with E-state index in [0.29, 0.717) is 25.8 Å². The zero-order valence-electron chi connectivity index (χ0n) is 12.8. The van der Waals surface area contributed by atoms with E-state index in [1.807, 2.05) is 13.8 Å². The molecule has 1 atom stereocenters. The summed E-state index contributed by atoms with van der Waals surface area (Å²) in [4.78, 5) is 49.8. The molecule has 8 nitrogen and oxygen atoms in total. The van der Waals surface area contributed by atoms with Crippen LogP contribution in [0, 0.1) is 5.92 Å². The third-order valence-corrected chi connectivity index (χ3v) is 4.64. The molecule has 0 aliphatic carbocycles. The van der Waals surface area contributed by atoms with Crippen molar-refractivity contribution in [3.63, 3.8) is 0 Å². The average molecular weight is 311 g/mol. The second-order valence-corrected chi connectivity index (χ2v) is 5.77. The lowest BCUT2D eigenvalue weighted by Gasteiger charge is -2.23. The minimum atomic E-state index is -0.929. The number of carboxylic acid groups (broad SMARTS) is 1. The van der Waals surface area contributed by atoms with E-state index >= 15 is 0 Å². The van der Waals surface area contributed by atoms with Crippen LogP contribution < -0.4 is 5.32 Å². The number of amides is 4. The summed E-state index contributed by atoms with van der Waals surface area (Å²) in [5.41, 5.74) is -0.925. The Morgan fingerprint density at radius 1 is 1.32 bits per heavy atom. The summed E-state index contributed by atoms with van der Waals surface area (Å²) < 4.78 is 0. The highest BCUT2D eigenvalue weighted by Gasteiger charge is 2.49. The fourth-order valence-corrected chi connectivity index (χ4v) is 2.97. The van der Waals surface area contributed by atoms with E-state index in [1.54, 1.807) is 0 Å². The van der Waals surface area contributed by atoms with Crippen LogP contribution in [0.5, 0.6) is 0 Å². The van der Waals surface area contributed by atoms with E-state index < -0.39 is 29.4 Å². The van der Waals surface area contributed by atoms with Crippen LogP contribution in [0.3, 0.4) is 0 Å². The van der Waals surface area contributed by atoms with Crippen molar-refractivity contribution in [3.8, 4) is 0 Å². The normalized spacial score (nSPS) is 23.8. The summed E-state index contributed by atoms with van der Waals surface area (Å²) >= 11 is 0. The molecule has 2 rings (SSSR count). The third-order valence-electron chi connectivity index (χ3n) is 4.64. The molecule has 0 radical (unpaired) electrons. The molecule has 2 fully saturated rings. The van der Waals surface area contributed by atoms with Crippen LogP contribution in [0.15, 0.2) is 0 Å². The van der Waals surface area contributed by atoms with Gasteiger partial charge in [-0.1, -0.05) is 13.8 Å². The number of rotatable bonds is 5. The number of nitrogens with one attached hydrogen (secondary N) is 1. The van der Waals surface area contributed by atoms with Crippen molar-refractivity contribution in [1.29, 1.82) is 0 Å². The topological polar surface area (TPSA) is 107 Å². The van der Waals surface area contributed by atoms with Gasteiger partial charge in [-0.15, -0.1) is 0 Å². The average Bonchev–Trinajstić information content (AvgIpc) is 3.06. The Kier molecular flexibility index (Phi) is 4.39. The number of imide groups is 1. The Morgan fingerprint density at radius 3 is 2.41 bits per heavy atom. The number of hydrogen-bond donors (Lipinski definition) is 2. The molecular formula is C14H21N3O5. The lowest BCUT2D eigenvalue weighted by molar-refractivity contribution is -0.142. The predicted octanol–water partition coefficient (Wildman–Crippen LogP) is 0.0301. The summed E-state index contributed by atoms with van der Waals surface area (Å²) in [6.07, 6.45) is 1.32. The summed E-state index contributed by atoms with van der Waals surface area (Å²) in [7, 11) is 0. The molecule has 2 N–H and O–H groups in total. The zero-order valence-corrected chi connectivity index (χ0v) is 12.8. The number of aliphatic carboxylic acids is 1. The van der Waals surface area contributed by atoms with Crippen molar-refractivity contribution < 1.29 is 24.3 Å². The lowest BCUT2D eigenvalue weighted by atomic mass is 9.93. The smallest absolute Gasteiger partial charge is 0.325 e. The fourth-order valence-electron chi connectivity index (χ4n) is 2.97. The first-order chi connectivity index (χ1) is 10.3. The van der Waals surface area contributed by atoms with E-state index in [4.69, 9.17) is 5.11 Å². The van der Waals surface area contributed by atoms with Crippen molar-refractivity contribution >= 4 is 23.8 Å². The summed E-state index contributed by atoms with van der Waals surface area (Å²) in [5, 5.41) is 11.6. The van der Waals surface area contributed by atoms with Gasteiger partial charge in [0.25, 0.3) is 5.91 Å². The van der Waals surface area contributed by atoms with Crippen LogP contribution in [0.4, 0.5) is 4.79 Å². The first kappa shape index (κ1) is 16.3. The molecule has 2 saturated heterocycles.